The Labute approximate surface area is 138 Å². The largest absolute Gasteiger partial charge is 0.355 e. The van der Waals surface area contributed by atoms with Gasteiger partial charge in [-0.2, -0.15) is 0 Å². The van der Waals surface area contributed by atoms with Gasteiger partial charge in [-0.3, -0.25) is 4.99 Å². The average molecular weight is 321 g/mol. The fourth-order valence-corrected chi connectivity index (χ4v) is 2.66. The molecular weight excluding hydrogens is 293 g/mol. The van der Waals surface area contributed by atoms with Gasteiger partial charge in [0.05, 0.1) is 0 Å². The lowest BCUT2D eigenvalue weighted by Crippen LogP contribution is -2.42. The Bertz CT molecular complexity index is 488. The smallest absolute Gasteiger partial charge is 0.191 e. The number of hydrogen-bond donors (Lipinski definition) is 2. The standard InChI is InChI=1S/C17H28FN5/c1-19-17(21-14-15-4-6-16(18)7-5-15)20-8-11-23-10-3-9-22(2)12-13-23/h4-7H,3,8-14H2,1-2H3,(H2,19,20,21). The minimum absolute atomic E-state index is 0.209. The van der Waals surface area contributed by atoms with Gasteiger partial charge >= 0.3 is 0 Å². The van der Waals surface area contributed by atoms with Crippen molar-refractivity contribution >= 4 is 5.96 Å². The van der Waals surface area contributed by atoms with E-state index in [1.54, 1.807) is 19.2 Å². The molecule has 0 atom stereocenters. The molecule has 0 aromatic heterocycles. The van der Waals surface area contributed by atoms with Crippen LogP contribution in [-0.2, 0) is 6.54 Å². The van der Waals surface area contributed by atoms with Crippen LogP contribution in [0.4, 0.5) is 4.39 Å². The van der Waals surface area contributed by atoms with E-state index in [-0.39, 0.29) is 5.82 Å². The summed E-state index contributed by atoms with van der Waals surface area (Å²) in [7, 11) is 3.95. The molecule has 0 spiro atoms. The van der Waals surface area contributed by atoms with Gasteiger partial charge < -0.3 is 20.4 Å². The van der Waals surface area contributed by atoms with E-state index in [0.29, 0.717) is 6.54 Å². The van der Waals surface area contributed by atoms with Crippen molar-refractivity contribution in [1.82, 2.24) is 20.4 Å². The van der Waals surface area contributed by atoms with E-state index >= 15 is 0 Å². The number of guanidine groups is 1. The molecular formula is C17H28FN5. The SMILES string of the molecule is CN=C(NCCN1CCCN(C)CC1)NCc1ccc(F)cc1. The molecule has 1 aliphatic heterocycles. The van der Waals surface area contributed by atoms with Gasteiger partial charge in [-0.05, 0) is 44.3 Å². The molecule has 0 aliphatic carbocycles. The van der Waals surface area contributed by atoms with Crippen molar-refractivity contribution in [3.05, 3.63) is 35.6 Å². The predicted octanol–water partition coefficient (Wildman–Crippen LogP) is 1.13. The van der Waals surface area contributed by atoms with Crippen molar-refractivity contribution in [3.63, 3.8) is 0 Å². The molecule has 0 saturated carbocycles. The summed E-state index contributed by atoms with van der Waals surface area (Å²) in [5.41, 5.74) is 1.03. The van der Waals surface area contributed by atoms with E-state index in [2.05, 4.69) is 32.5 Å². The number of likely N-dealkylation sites (N-methyl/N-ethyl adjacent to an activating group) is 1. The highest BCUT2D eigenvalue weighted by Gasteiger charge is 2.11. The molecule has 0 unspecified atom stereocenters. The number of nitrogens with one attached hydrogen (secondary N) is 2. The number of benzene rings is 1. The van der Waals surface area contributed by atoms with Crippen LogP contribution in [0.25, 0.3) is 0 Å². The molecule has 0 bridgehead atoms. The van der Waals surface area contributed by atoms with Gasteiger partial charge in [-0.1, -0.05) is 12.1 Å². The second-order valence-electron chi connectivity index (χ2n) is 5.98. The summed E-state index contributed by atoms with van der Waals surface area (Å²) in [6.45, 7) is 7.13. The normalized spacial score (nSPS) is 17.8. The summed E-state index contributed by atoms with van der Waals surface area (Å²) in [5, 5.41) is 6.59. The molecule has 6 heteroatoms. The average Bonchev–Trinajstić information content (AvgIpc) is 2.77. The fraction of sp³-hybridized carbons (Fsp3) is 0.588. The third-order valence-corrected chi connectivity index (χ3v) is 4.13. The second-order valence-corrected chi connectivity index (χ2v) is 5.98. The summed E-state index contributed by atoms with van der Waals surface area (Å²) in [5.74, 6) is 0.570. The van der Waals surface area contributed by atoms with Crippen LogP contribution in [0.3, 0.4) is 0 Å². The number of hydrogen-bond acceptors (Lipinski definition) is 3. The van der Waals surface area contributed by atoms with Crippen LogP contribution in [0, 0.1) is 5.82 Å². The first kappa shape index (κ1) is 17.7. The Morgan fingerprint density at radius 1 is 1.13 bits per heavy atom. The molecule has 2 rings (SSSR count). The second kappa shape index (κ2) is 9.47. The third-order valence-electron chi connectivity index (χ3n) is 4.13. The lowest BCUT2D eigenvalue weighted by molar-refractivity contribution is 0.280. The molecule has 1 fully saturated rings. The highest BCUT2D eigenvalue weighted by atomic mass is 19.1. The van der Waals surface area contributed by atoms with Gasteiger partial charge in [-0.15, -0.1) is 0 Å². The molecule has 1 aliphatic rings. The lowest BCUT2D eigenvalue weighted by atomic mass is 10.2. The molecule has 2 N–H and O–H groups in total. The molecule has 23 heavy (non-hydrogen) atoms. The van der Waals surface area contributed by atoms with E-state index in [4.69, 9.17) is 0 Å². The van der Waals surface area contributed by atoms with Crippen molar-refractivity contribution in [3.8, 4) is 0 Å². The van der Waals surface area contributed by atoms with Crippen LogP contribution >= 0.6 is 0 Å². The molecule has 1 heterocycles. The predicted molar refractivity (Wildman–Crippen MR) is 93.2 cm³/mol. The zero-order chi connectivity index (χ0) is 16.5. The molecule has 0 radical (unpaired) electrons. The molecule has 1 saturated heterocycles. The van der Waals surface area contributed by atoms with Gasteiger partial charge in [0, 0.05) is 39.8 Å². The molecule has 5 nitrogen and oxygen atoms in total. The maximum absolute atomic E-state index is 12.9. The highest BCUT2D eigenvalue weighted by molar-refractivity contribution is 5.79. The quantitative estimate of drug-likeness (QED) is 0.630. The maximum atomic E-state index is 12.9. The molecule has 1 aromatic carbocycles. The zero-order valence-electron chi connectivity index (χ0n) is 14.2. The van der Waals surface area contributed by atoms with Crippen molar-refractivity contribution in [2.24, 2.45) is 4.99 Å². The Morgan fingerprint density at radius 3 is 2.65 bits per heavy atom. The van der Waals surface area contributed by atoms with Gasteiger partial charge in [0.2, 0.25) is 0 Å². The van der Waals surface area contributed by atoms with Crippen LogP contribution in [0.2, 0.25) is 0 Å². The number of nitrogens with zero attached hydrogens (tertiary/aromatic N) is 3. The summed E-state index contributed by atoms with van der Waals surface area (Å²) in [6.07, 6.45) is 1.23. The summed E-state index contributed by atoms with van der Waals surface area (Å²) >= 11 is 0. The Morgan fingerprint density at radius 2 is 1.91 bits per heavy atom. The van der Waals surface area contributed by atoms with Crippen LogP contribution in [-0.4, -0.2) is 69.1 Å². The van der Waals surface area contributed by atoms with Crippen LogP contribution < -0.4 is 10.6 Å². The lowest BCUT2D eigenvalue weighted by Gasteiger charge is -2.21. The van der Waals surface area contributed by atoms with E-state index in [0.717, 1.165) is 44.2 Å². The summed E-state index contributed by atoms with van der Waals surface area (Å²) in [4.78, 5) is 9.10. The van der Waals surface area contributed by atoms with Crippen LogP contribution in [0.15, 0.2) is 29.3 Å². The van der Waals surface area contributed by atoms with Gasteiger partial charge in [0.1, 0.15) is 5.82 Å². The Kier molecular flexibility index (Phi) is 7.29. The zero-order valence-corrected chi connectivity index (χ0v) is 14.2. The van der Waals surface area contributed by atoms with Gasteiger partial charge in [-0.25, -0.2) is 4.39 Å². The summed E-state index contributed by atoms with van der Waals surface area (Å²) in [6, 6.07) is 6.51. The summed E-state index contributed by atoms with van der Waals surface area (Å²) < 4.78 is 12.9. The van der Waals surface area contributed by atoms with Gasteiger partial charge in [0.25, 0.3) is 0 Å². The highest BCUT2D eigenvalue weighted by Crippen LogP contribution is 2.02. The van der Waals surface area contributed by atoms with E-state index < -0.39 is 0 Å². The Balaban J connectivity index is 1.67. The number of aliphatic imine (C=N–C) groups is 1. The molecule has 128 valence electrons. The van der Waals surface area contributed by atoms with Crippen molar-refractivity contribution in [1.29, 1.82) is 0 Å². The Hall–Kier alpha value is -1.66. The number of halogens is 1. The van der Waals surface area contributed by atoms with Crippen LogP contribution in [0.5, 0.6) is 0 Å². The fourth-order valence-electron chi connectivity index (χ4n) is 2.66. The van der Waals surface area contributed by atoms with Crippen molar-refractivity contribution < 1.29 is 4.39 Å². The topological polar surface area (TPSA) is 42.9 Å². The van der Waals surface area contributed by atoms with E-state index in [1.807, 2.05) is 0 Å². The monoisotopic (exact) mass is 321 g/mol. The molecule has 1 aromatic rings. The third kappa shape index (κ3) is 6.54. The molecule has 0 amide bonds. The van der Waals surface area contributed by atoms with E-state index in [1.165, 1.54) is 25.1 Å². The van der Waals surface area contributed by atoms with Crippen molar-refractivity contribution in [2.75, 3.05) is 53.4 Å². The first-order chi connectivity index (χ1) is 11.2. The minimum Gasteiger partial charge on any atom is -0.355 e. The van der Waals surface area contributed by atoms with E-state index in [9.17, 15) is 4.39 Å². The van der Waals surface area contributed by atoms with Crippen LogP contribution in [0.1, 0.15) is 12.0 Å². The minimum atomic E-state index is -0.209. The maximum Gasteiger partial charge on any atom is 0.191 e. The van der Waals surface area contributed by atoms with Gasteiger partial charge in [0.15, 0.2) is 5.96 Å². The van der Waals surface area contributed by atoms with Crippen molar-refractivity contribution in [2.45, 2.75) is 13.0 Å². The first-order valence-electron chi connectivity index (χ1n) is 8.27. The first-order valence-corrected chi connectivity index (χ1v) is 8.27. The number of rotatable bonds is 5.